The minimum absolute atomic E-state index is 0.138. The highest BCUT2D eigenvalue weighted by molar-refractivity contribution is 6.16. The van der Waals surface area contributed by atoms with Crippen LogP contribution in [0, 0.1) is 11.7 Å². The molecule has 0 fully saturated rings. The smallest absolute Gasteiger partial charge is 0.445 e. The van der Waals surface area contributed by atoms with Crippen molar-refractivity contribution in [2.24, 2.45) is 10.9 Å². The summed E-state index contributed by atoms with van der Waals surface area (Å²) in [5.74, 6) is -0.899. The molecule has 0 radical (unpaired) electrons. The Balaban J connectivity index is 2.05. The molecule has 7 heteroatoms. The molecule has 6 nitrogen and oxygen atoms in total. The molecule has 1 atom stereocenters. The van der Waals surface area contributed by atoms with E-state index in [0.29, 0.717) is 18.0 Å². The zero-order valence-electron chi connectivity index (χ0n) is 14.3. The summed E-state index contributed by atoms with van der Waals surface area (Å²) < 4.78 is 20.7. The quantitative estimate of drug-likeness (QED) is 0.788. The van der Waals surface area contributed by atoms with Crippen LogP contribution in [0.3, 0.4) is 0 Å². The standard InChI is InChI=1S/C18H19FN3O3/c1-4-11-9-20-16-14(15(11)25-3)17(23)22(18(24)21(16)2)10-12-7-5-6-8-13(12)19/h5-9,14H,4,10H2,1-3H3/q+1. The molecule has 1 unspecified atom stereocenters. The number of rotatable bonds is 4. The van der Waals surface area contributed by atoms with Gasteiger partial charge in [0, 0.05) is 11.1 Å². The average molecular weight is 344 g/mol. The van der Waals surface area contributed by atoms with E-state index in [1.165, 1.54) is 17.8 Å². The Bertz CT molecular complexity index is 842. The molecule has 1 aromatic carbocycles. The predicted octanol–water partition coefficient (Wildman–Crippen LogP) is 2.34. The van der Waals surface area contributed by atoms with Gasteiger partial charge in [-0.1, -0.05) is 25.1 Å². The molecular formula is C18H19FN3O3+. The number of dihydropyridines is 1. The predicted molar refractivity (Wildman–Crippen MR) is 89.8 cm³/mol. The number of carbonyl (C=O) groups is 2. The largest absolute Gasteiger partial charge is 0.499 e. The van der Waals surface area contributed by atoms with Crippen molar-refractivity contribution in [1.82, 2.24) is 4.90 Å². The molecule has 130 valence electrons. The van der Waals surface area contributed by atoms with Crippen LogP contribution in [0.5, 0.6) is 0 Å². The third-order valence-electron chi connectivity index (χ3n) is 4.45. The number of benzene rings is 1. The van der Waals surface area contributed by atoms with Gasteiger partial charge in [-0.05, 0) is 12.5 Å². The molecule has 1 aromatic rings. The van der Waals surface area contributed by atoms with Gasteiger partial charge in [0.2, 0.25) is 0 Å². The Hall–Kier alpha value is -2.83. The summed E-state index contributed by atoms with van der Waals surface area (Å²) in [5, 5.41) is 0. The van der Waals surface area contributed by atoms with Gasteiger partial charge < -0.3 is 4.74 Å². The van der Waals surface area contributed by atoms with E-state index < -0.39 is 23.7 Å². The van der Waals surface area contributed by atoms with E-state index >= 15 is 0 Å². The van der Waals surface area contributed by atoms with Crippen LogP contribution in [-0.2, 0) is 16.1 Å². The summed E-state index contributed by atoms with van der Waals surface area (Å²) >= 11 is 0. The molecule has 3 rings (SSSR count). The number of carbonyl (C=O) groups excluding carboxylic acids is 2. The van der Waals surface area contributed by atoms with Crippen molar-refractivity contribution in [3.05, 3.63) is 47.0 Å². The number of methoxy groups -OCH3 is 1. The van der Waals surface area contributed by atoms with E-state index in [4.69, 9.17) is 4.74 Å². The number of allylic oxidation sites excluding steroid dienone is 1. The fourth-order valence-electron chi connectivity index (χ4n) is 3.07. The number of fused-ring (bicyclic) bond motifs is 1. The fraction of sp³-hybridized carbons (Fsp3) is 0.333. The second-order valence-electron chi connectivity index (χ2n) is 5.85. The van der Waals surface area contributed by atoms with Crippen molar-refractivity contribution in [2.45, 2.75) is 19.9 Å². The summed E-state index contributed by atoms with van der Waals surface area (Å²) in [6, 6.07) is 5.55. The number of nitrogens with zero attached hydrogens (tertiary/aromatic N) is 3. The second kappa shape index (κ2) is 6.58. The van der Waals surface area contributed by atoms with Gasteiger partial charge in [0.1, 0.15) is 24.3 Å². The summed E-state index contributed by atoms with van der Waals surface area (Å²) in [7, 11) is 3.04. The van der Waals surface area contributed by atoms with Gasteiger partial charge in [-0.2, -0.15) is 9.48 Å². The van der Waals surface area contributed by atoms with Gasteiger partial charge in [0.15, 0.2) is 5.92 Å². The number of hydrogen-bond donors (Lipinski definition) is 0. The number of amides is 3. The number of imide groups is 1. The van der Waals surface area contributed by atoms with E-state index in [0.717, 1.165) is 10.5 Å². The van der Waals surface area contributed by atoms with Crippen LogP contribution in [0.15, 0.2) is 40.6 Å². The van der Waals surface area contributed by atoms with Crippen LogP contribution in [0.4, 0.5) is 9.18 Å². The van der Waals surface area contributed by atoms with Crippen molar-refractivity contribution >= 4 is 24.0 Å². The molecule has 0 saturated heterocycles. The molecule has 0 saturated carbocycles. The third kappa shape index (κ3) is 2.75. The summed E-state index contributed by atoms with van der Waals surface area (Å²) in [5.41, 5.74) is 1.08. The van der Waals surface area contributed by atoms with Crippen LogP contribution >= 0.6 is 0 Å². The number of urea groups is 1. The van der Waals surface area contributed by atoms with E-state index in [-0.39, 0.29) is 12.1 Å². The number of hydrogen-bond acceptors (Lipinski definition) is 4. The van der Waals surface area contributed by atoms with Crippen molar-refractivity contribution in [3.63, 3.8) is 0 Å². The molecule has 0 spiro atoms. The van der Waals surface area contributed by atoms with Crippen molar-refractivity contribution in [2.75, 3.05) is 14.2 Å². The van der Waals surface area contributed by atoms with Crippen LogP contribution in [-0.4, -0.2) is 47.6 Å². The maximum absolute atomic E-state index is 14.0. The van der Waals surface area contributed by atoms with Crippen LogP contribution < -0.4 is 0 Å². The summed E-state index contributed by atoms with van der Waals surface area (Å²) in [6.45, 7) is 1.80. The molecule has 0 aliphatic carbocycles. The Labute approximate surface area is 144 Å². The molecule has 2 aliphatic heterocycles. The molecule has 2 aliphatic rings. The topological polar surface area (TPSA) is 62.0 Å². The van der Waals surface area contributed by atoms with Gasteiger partial charge in [0.25, 0.3) is 5.84 Å². The lowest BCUT2D eigenvalue weighted by Gasteiger charge is -2.29. The highest BCUT2D eigenvalue weighted by atomic mass is 19.1. The third-order valence-corrected chi connectivity index (χ3v) is 4.45. The van der Waals surface area contributed by atoms with Crippen molar-refractivity contribution < 1.29 is 23.3 Å². The van der Waals surface area contributed by atoms with Gasteiger partial charge in [0.05, 0.1) is 14.2 Å². The Morgan fingerprint density at radius 2 is 2.04 bits per heavy atom. The van der Waals surface area contributed by atoms with E-state index in [9.17, 15) is 14.0 Å². The van der Waals surface area contributed by atoms with Crippen LogP contribution in [0.25, 0.3) is 0 Å². The first-order valence-corrected chi connectivity index (χ1v) is 8.00. The first kappa shape index (κ1) is 17.0. The molecule has 0 bridgehead atoms. The van der Waals surface area contributed by atoms with E-state index in [1.54, 1.807) is 31.5 Å². The van der Waals surface area contributed by atoms with Gasteiger partial charge in [-0.15, -0.1) is 4.99 Å². The SMILES string of the molecule is CCC1=C(OC)C2C(=O)N(Cc3ccccc3F)C(=O)[N+](C)=C2N=C1. The fourth-order valence-corrected chi connectivity index (χ4v) is 3.07. The van der Waals surface area contributed by atoms with E-state index in [2.05, 4.69) is 4.99 Å². The number of halogens is 1. The normalized spacial score (nSPS) is 20.3. The maximum atomic E-state index is 14.0. The second-order valence-corrected chi connectivity index (χ2v) is 5.85. The highest BCUT2D eigenvalue weighted by Gasteiger charge is 2.50. The Morgan fingerprint density at radius 3 is 2.68 bits per heavy atom. The number of ether oxygens (including phenoxy) is 1. The number of amidine groups is 1. The molecular weight excluding hydrogens is 325 g/mol. The zero-order valence-corrected chi connectivity index (χ0v) is 14.3. The zero-order chi connectivity index (χ0) is 18.1. The molecule has 2 heterocycles. The summed E-state index contributed by atoms with van der Waals surface area (Å²) in [6.07, 6.45) is 2.27. The average Bonchev–Trinajstić information content (AvgIpc) is 2.63. The van der Waals surface area contributed by atoms with Crippen molar-refractivity contribution in [3.8, 4) is 0 Å². The lowest BCUT2D eigenvalue weighted by molar-refractivity contribution is -0.409. The monoisotopic (exact) mass is 344 g/mol. The van der Waals surface area contributed by atoms with Gasteiger partial charge in [-0.3, -0.25) is 4.79 Å². The van der Waals surface area contributed by atoms with Crippen molar-refractivity contribution in [1.29, 1.82) is 0 Å². The van der Waals surface area contributed by atoms with Crippen LogP contribution in [0.2, 0.25) is 0 Å². The number of aliphatic imine (C=N–C) groups is 1. The molecule has 25 heavy (non-hydrogen) atoms. The maximum Gasteiger partial charge on any atom is 0.445 e. The Morgan fingerprint density at radius 1 is 1.32 bits per heavy atom. The molecule has 0 N–H and O–H groups in total. The molecule has 3 amide bonds. The lowest BCUT2D eigenvalue weighted by atomic mass is 9.94. The van der Waals surface area contributed by atoms with Crippen LogP contribution in [0.1, 0.15) is 18.9 Å². The minimum Gasteiger partial charge on any atom is -0.499 e. The van der Waals surface area contributed by atoms with E-state index in [1.807, 2.05) is 6.92 Å². The molecule has 0 aromatic heterocycles. The minimum atomic E-state index is -0.792. The first-order chi connectivity index (χ1) is 12.0. The first-order valence-electron chi connectivity index (χ1n) is 8.00. The van der Waals surface area contributed by atoms with Gasteiger partial charge >= 0.3 is 11.9 Å². The Kier molecular flexibility index (Phi) is 4.48. The van der Waals surface area contributed by atoms with Gasteiger partial charge in [-0.25, -0.2) is 9.18 Å². The summed E-state index contributed by atoms with van der Waals surface area (Å²) in [4.78, 5) is 30.9. The highest BCUT2D eigenvalue weighted by Crippen LogP contribution is 2.29. The lowest BCUT2D eigenvalue weighted by Crippen LogP contribution is -2.54.